The molecule has 0 saturated heterocycles. The van der Waals surface area contributed by atoms with Crippen molar-refractivity contribution in [1.29, 1.82) is 0 Å². The van der Waals surface area contributed by atoms with Crippen molar-refractivity contribution in [2.24, 2.45) is 0 Å². The Balaban J connectivity index is 3.50. The third kappa shape index (κ3) is 2.68. The summed E-state index contributed by atoms with van der Waals surface area (Å²) in [6, 6.07) is 0. The Morgan fingerprint density at radius 2 is 1.82 bits per heavy atom. The van der Waals surface area contributed by atoms with Gasteiger partial charge < -0.3 is 4.74 Å². The standard InChI is InChI=1S/C10H14ClF3N2O/c1-9(2,3)16-8(17-4)6(5-11)7(15-16)10(12,13)14/h5H2,1-4H3. The van der Waals surface area contributed by atoms with Gasteiger partial charge in [0.15, 0.2) is 5.69 Å². The summed E-state index contributed by atoms with van der Waals surface area (Å²) in [6.45, 7) is 5.21. The van der Waals surface area contributed by atoms with Gasteiger partial charge in [0.25, 0.3) is 0 Å². The molecule has 98 valence electrons. The Labute approximate surface area is 103 Å². The van der Waals surface area contributed by atoms with E-state index in [1.807, 2.05) is 0 Å². The van der Waals surface area contributed by atoms with Crippen LogP contribution in [0.2, 0.25) is 0 Å². The molecule has 17 heavy (non-hydrogen) atoms. The molecular weight excluding hydrogens is 257 g/mol. The van der Waals surface area contributed by atoms with Crippen molar-refractivity contribution in [2.45, 2.75) is 38.4 Å². The number of nitrogens with zero attached hydrogens (tertiary/aromatic N) is 2. The van der Waals surface area contributed by atoms with Gasteiger partial charge in [-0.05, 0) is 20.8 Å². The maximum Gasteiger partial charge on any atom is 0.435 e. The molecule has 0 aromatic carbocycles. The Morgan fingerprint density at radius 1 is 1.29 bits per heavy atom. The topological polar surface area (TPSA) is 27.1 Å². The monoisotopic (exact) mass is 270 g/mol. The first-order chi connectivity index (χ1) is 7.62. The van der Waals surface area contributed by atoms with Crippen LogP contribution in [0.4, 0.5) is 13.2 Å². The van der Waals surface area contributed by atoms with E-state index >= 15 is 0 Å². The van der Waals surface area contributed by atoms with E-state index < -0.39 is 17.4 Å². The molecule has 0 radical (unpaired) electrons. The van der Waals surface area contributed by atoms with Crippen LogP contribution in [0.25, 0.3) is 0 Å². The lowest BCUT2D eigenvalue weighted by Gasteiger charge is -2.21. The third-order valence-corrected chi connectivity index (χ3v) is 2.43. The van der Waals surface area contributed by atoms with Crippen LogP contribution in [0.1, 0.15) is 32.0 Å². The number of aromatic nitrogens is 2. The lowest BCUT2D eigenvalue weighted by molar-refractivity contribution is -0.142. The number of alkyl halides is 4. The summed E-state index contributed by atoms with van der Waals surface area (Å²) in [4.78, 5) is 0. The SMILES string of the molecule is COc1c(CCl)c(C(F)(F)F)nn1C(C)(C)C. The second-order valence-corrected chi connectivity index (χ2v) is 4.82. The van der Waals surface area contributed by atoms with Gasteiger partial charge in [0, 0.05) is 0 Å². The minimum Gasteiger partial charge on any atom is -0.481 e. The average Bonchev–Trinajstić information content (AvgIpc) is 2.54. The normalized spacial score (nSPS) is 12.9. The summed E-state index contributed by atoms with van der Waals surface area (Å²) in [5, 5.41) is 3.58. The Bertz CT molecular complexity index is 370. The number of halogens is 4. The number of rotatable bonds is 2. The molecular formula is C10H14ClF3N2O. The zero-order valence-corrected chi connectivity index (χ0v) is 10.8. The van der Waals surface area contributed by atoms with E-state index in [0.29, 0.717) is 0 Å². The summed E-state index contributed by atoms with van der Waals surface area (Å²) in [6.07, 6.45) is -4.53. The molecule has 0 fully saturated rings. The van der Waals surface area contributed by atoms with Gasteiger partial charge in [0.2, 0.25) is 5.88 Å². The van der Waals surface area contributed by atoms with Crippen molar-refractivity contribution in [3.63, 3.8) is 0 Å². The predicted octanol–water partition coefficient (Wildman–Crippen LogP) is 3.40. The van der Waals surface area contributed by atoms with Crippen molar-refractivity contribution < 1.29 is 17.9 Å². The van der Waals surface area contributed by atoms with Crippen molar-refractivity contribution in [2.75, 3.05) is 7.11 Å². The summed E-state index contributed by atoms with van der Waals surface area (Å²) >= 11 is 5.55. The molecule has 0 amide bonds. The highest BCUT2D eigenvalue weighted by molar-refractivity contribution is 6.17. The first-order valence-corrected chi connectivity index (χ1v) is 5.46. The van der Waals surface area contributed by atoms with Crippen LogP contribution in [0.3, 0.4) is 0 Å². The molecule has 7 heteroatoms. The van der Waals surface area contributed by atoms with E-state index in [9.17, 15) is 13.2 Å². The van der Waals surface area contributed by atoms with Crippen molar-refractivity contribution in [3.05, 3.63) is 11.3 Å². The summed E-state index contributed by atoms with van der Waals surface area (Å²) < 4.78 is 44.5. The minimum atomic E-state index is -4.53. The Morgan fingerprint density at radius 3 is 2.12 bits per heavy atom. The number of methoxy groups -OCH3 is 1. The maximum absolute atomic E-state index is 12.8. The summed E-state index contributed by atoms with van der Waals surface area (Å²) in [5.41, 5.74) is -1.73. The third-order valence-electron chi connectivity index (χ3n) is 2.17. The zero-order chi connectivity index (χ0) is 13.4. The van der Waals surface area contributed by atoms with Gasteiger partial charge >= 0.3 is 6.18 Å². The predicted molar refractivity (Wildman–Crippen MR) is 58.3 cm³/mol. The number of hydrogen-bond donors (Lipinski definition) is 0. The highest BCUT2D eigenvalue weighted by Crippen LogP contribution is 2.38. The Hall–Kier alpha value is -0.910. The quantitative estimate of drug-likeness (QED) is 0.770. The first kappa shape index (κ1) is 14.2. The molecule has 0 N–H and O–H groups in total. The fourth-order valence-electron chi connectivity index (χ4n) is 1.45. The molecule has 0 aliphatic heterocycles. The smallest absolute Gasteiger partial charge is 0.435 e. The minimum absolute atomic E-state index is 0.0554. The largest absolute Gasteiger partial charge is 0.481 e. The fraction of sp³-hybridized carbons (Fsp3) is 0.700. The van der Waals surface area contributed by atoms with E-state index in [2.05, 4.69) is 5.10 Å². The molecule has 0 bridgehead atoms. The summed E-state index contributed by atoms with van der Waals surface area (Å²) in [5.74, 6) is -0.242. The lowest BCUT2D eigenvalue weighted by atomic mass is 10.1. The van der Waals surface area contributed by atoms with Crippen LogP contribution in [-0.2, 0) is 17.6 Å². The fourth-order valence-corrected chi connectivity index (χ4v) is 1.69. The molecule has 1 heterocycles. The average molecular weight is 271 g/mol. The van der Waals surface area contributed by atoms with E-state index in [-0.39, 0.29) is 17.3 Å². The molecule has 0 unspecified atom stereocenters. The van der Waals surface area contributed by atoms with Crippen LogP contribution in [0.15, 0.2) is 0 Å². The van der Waals surface area contributed by atoms with Crippen molar-refractivity contribution in [1.82, 2.24) is 9.78 Å². The molecule has 0 atom stereocenters. The van der Waals surface area contributed by atoms with Gasteiger partial charge in [-0.3, -0.25) is 0 Å². The second-order valence-electron chi connectivity index (χ2n) is 4.55. The van der Waals surface area contributed by atoms with Gasteiger partial charge in [-0.15, -0.1) is 11.6 Å². The van der Waals surface area contributed by atoms with Gasteiger partial charge in [-0.1, -0.05) is 0 Å². The van der Waals surface area contributed by atoms with E-state index in [1.54, 1.807) is 20.8 Å². The van der Waals surface area contributed by atoms with Crippen LogP contribution in [0.5, 0.6) is 5.88 Å². The van der Waals surface area contributed by atoms with Crippen LogP contribution >= 0.6 is 11.6 Å². The van der Waals surface area contributed by atoms with Gasteiger partial charge in [-0.2, -0.15) is 18.3 Å². The molecule has 0 saturated carbocycles. The van der Waals surface area contributed by atoms with E-state index in [0.717, 1.165) is 0 Å². The molecule has 3 nitrogen and oxygen atoms in total. The van der Waals surface area contributed by atoms with Crippen molar-refractivity contribution >= 4 is 11.6 Å². The number of hydrogen-bond acceptors (Lipinski definition) is 2. The second kappa shape index (κ2) is 4.40. The zero-order valence-electron chi connectivity index (χ0n) is 10.0. The van der Waals surface area contributed by atoms with Crippen LogP contribution in [0, 0.1) is 0 Å². The molecule has 1 aromatic heterocycles. The highest BCUT2D eigenvalue weighted by Gasteiger charge is 2.40. The molecule has 0 spiro atoms. The first-order valence-electron chi connectivity index (χ1n) is 4.92. The van der Waals surface area contributed by atoms with E-state index in [1.165, 1.54) is 11.8 Å². The Kier molecular flexibility index (Phi) is 3.66. The van der Waals surface area contributed by atoms with Gasteiger partial charge in [-0.25, -0.2) is 4.68 Å². The molecule has 1 rings (SSSR count). The lowest BCUT2D eigenvalue weighted by Crippen LogP contribution is -2.24. The summed E-state index contributed by atoms with van der Waals surface area (Å²) in [7, 11) is 1.30. The molecule has 0 aliphatic carbocycles. The van der Waals surface area contributed by atoms with Gasteiger partial charge in [0.05, 0.1) is 24.1 Å². The molecule has 1 aromatic rings. The van der Waals surface area contributed by atoms with Gasteiger partial charge in [0.1, 0.15) is 0 Å². The van der Waals surface area contributed by atoms with Crippen LogP contribution < -0.4 is 4.74 Å². The number of ether oxygens (including phenoxy) is 1. The van der Waals surface area contributed by atoms with Crippen molar-refractivity contribution in [3.8, 4) is 5.88 Å². The highest BCUT2D eigenvalue weighted by atomic mass is 35.5. The van der Waals surface area contributed by atoms with Crippen LogP contribution in [-0.4, -0.2) is 16.9 Å². The van der Waals surface area contributed by atoms with E-state index in [4.69, 9.17) is 16.3 Å². The molecule has 0 aliphatic rings. The maximum atomic E-state index is 12.8.